The largest absolute Gasteiger partial charge is 0.461 e. The van der Waals surface area contributed by atoms with Crippen LogP contribution in [0.4, 0.5) is 4.79 Å². The fourth-order valence-electron chi connectivity index (χ4n) is 2.75. The van der Waals surface area contributed by atoms with Crippen LogP contribution in [0.25, 0.3) is 0 Å². The molecule has 7 heteroatoms. The Bertz CT molecular complexity index is 756. The molecule has 0 N–H and O–H groups in total. The van der Waals surface area contributed by atoms with Gasteiger partial charge in [-0.15, -0.1) is 0 Å². The Morgan fingerprint density at radius 3 is 2.66 bits per heavy atom. The quantitative estimate of drug-likeness (QED) is 0.377. The summed E-state index contributed by atoms with van der Waals surface area (Å²) in [7, 11) is 0. The highest BCUT2D eigenvalue weighted by atomic mass is 16.6. The van der Waals surface area contributed by atoms with Crippen LogP contribution in [0.1, 0.15) is 32.3 Å². The molecule has 0 bridgehead atoms. The van der Waals surface area contributed by atoms with Crippen molar-refractivity contribution in [2.45, 2.75) is 39.4 Å². The molecule has 7 nitrogen and oxygen atoms in total. The standard InChI is InChI=1S/C22H27NO6/c1-3-27-22(26)23-13-7-10-18(15-23)11-12-20(24)29-17(2)14-21(25)28-16-19-8-5-4-6-9-19/h4-6,8-12,17H,3,7,13-16H2,1-2H3/b12-11+. The van der Waals surface area contributed by atoms with Crippen LogP contribution in [0.2, 0.25) is 0 Å². The van der Waals surface area contributed by atoms with Crippen LogP contribution in [-0.4, -0.2) is 48.7 Å². The van der Waals surface area contributed by atoms with Crippen molar-refractivity contribution in [2.75, 3.05) is 19.7 Å². The number of hydrogen-bond donors (Lipinski definition) is 0. The molecule has 156 valence electrons. The van der Waals surface area contributed by atoms with Crippen molar-refractivity contribution < 1.29 is 28.6 Å². The van der Waals surface area contributed by atoms with E-state index >= 15 is 0 Å². The number of ether oxygens (including phenoxy) is 3. The normalized spacial score (nSPS) is 14.8. The lowest BCUT2D eigenvalue weighted by molar-refractivity contribution is -0.151. The van der Waals surface area contributed by atoms with E-state index in [2.05, 4.69) is 0 Å². The third-order valence-corrected chi connectivity index (χ3v) is 4.15. The summed E-state index contributed by atoms with van der Waals surface area (Å²) in [4.78, 5) is 37.2. The smallest absolute Gasteiger partial charge is 0.410 e. The maximum atomic E-state index is 12.0. The molecule has 1 aromatic carbocycles. The molecule has 0 radical (unpaired) electrons. The van der Waals surface area contributed by atoms with Crippen LogP contribution in [0.5, 0.6) is 0 Å². The van der Waals surface area contributed by atoms with Gasteiger partial charge >= 0.3 is 18.0 Å². The molecular formula is C22H27NO6. The van der Waals surface area contributed by atoms with E-state index in [-0.39, 0.29) is 19.1 Å². The molecule has 1 aliphatic heterocycles. The summed E-state index contributed by atoms with van der Waals surface area (Å²) in [5.74, 6) is -0.985. The molecular weight excluding hydrogens is 374 g/mol. The van der Waals surface area contributed by atoms with E-state index in [4.69, 9.17) is 14.2 Å². The summed E-state index contributed by atoms with van der Waals surface area (Å²) in [5, 5.41) is 0. The second-order valence-corrected chi connectivity index (χ2v) is 6.62. The van der Waals surface area contributed by atoms with Crippen LogP contribution in [0.3, 0.4) is 0 Å². The van der Waals surface area contributed by atoms with Crippen molar-refractivity contribution >= 4 is 18.0 Å². The van der Waals surface area contributed by atoms with E-state index < -0.39 is 18.0 Å². The molecule has 29 heavy (non-hydrogen) atoms. The fourth-order valence-corrected chi connectivity index (χ4v) is 2.75. The van der Waals surface area contributed by atoms with Crippen LogP contribution in [0, 0.1) is 0 Å². The SMILES string of the molecule is CCOC(=O)N1CCC=C(/C=C/C(=O)OC(C)CC(=O)OCc2ccccc2)C1. The van der Waals surface area contributed by atoms with Gasteiger partial charge in [-0.05, 0) is 31.4 Å². The van der Waals surface area contributed by atoms with E-state index in [1.807, 2.05) is 36.4 Å². The Morgan fingerprint density at radius 1 is 1.17 bits per heavy atom. The number of benzene rings is 1. The zero-order valence-corrected chi connectivity index (χ0v) is 16.8. The topological polar surface area (TPSA) is 82.1 Å². The molecule has 0 saturated heterocycles. The zero-order chi connectivity index (χ0) is 21.1. The maximum Gasteiger partial charge on any atom is 0.410 e. The number of hydrogen-bond acceptors (Lipinski definition) is 6. The third-order valence-electron chi connectivity index (χ3n) is 4.15. The zero-order valence-electron chi connectivity index (χ0n) is 16.8. The predicted octanol–water partition coefficient (Wildman–Crippen LogP) is 3.40. The number of carbonyl (C=O) groups excluding carboxylic acids is 3. The molecule has 1 heterocycles. The monoisotopic (exact) mass is 401 g/mol. The first-order valence-electron chi connectivity index (χ1n) is 9.67. The summed E-state index contributed by atoms with van der Waals surface area (Å²) in [6.45, 7) is 4.87. The molecule has 0 saturated carbocycles. The Labute approximate surface area is 170 Å². The maximum absolute atomic E-state index is 12.0. The van der Waals surface area contributed by atoms with Crippen molar-refractivity contribution in [3.63, 3.8) is 0 Å². The lowest BCUT2D eigenvalue weighted by Crippen LogP contribution is -2.36. The fraction of sp³-hybridized carbons (Fsp3) is 0.409. The van der Waals surface area contributed by atoms with Gasteiger partial charge in [-0.25, -0.2) is 9.59 Å². The molecule has 1 unspecified atom stereocenters. The molecule has 1 aromatic rings. The molecule has 0 aliphatic carbocycles. The van der Waals surface area contributed by atoms with Gasteiger partial charge in [0.2, 0.25) is 0 Å². The van der Waals surface area contributed by atoms with Crippen molar-refractivity contribution in [1.82, 2.24) is 4.90 Å². The minimum atomic E-state index is -0.605. The summed E-state index contributed by atoms with van der Waals surface area (Å²) >= 11 is 0. The van der Waals surface area contributed by atoms with Gasteiger partial charge in [-0.1, -0.05) is 42.5 Å². The third kappa shape index (κ3) is 8.21. The van der Waals surface area contributed by atoms with Crippen LogP contribution < -0.4 is 0 Å². The molecule has 0 spiro atoms. The van der Waals surface area contributed by atoms with Gasteiger partial charge in [0.05, 0.1) is 13.0 Å². The first-order valence-corrected chi connectivity index (χ1v) is 9.67. The van der Waals surface area contributed by atoms with Gasteiger partial charge in [0, 0.05) is 19.2 Å². The molecule has 0 fully saturated rings. The van der Waals surface area contributed by atoms with Gasteiger partial charge in [-0.3, -0.25) is 4.79 Å². The molecule has 0 aromatic heterocycles. The minimum absolute atomic E-state index is 0.0221. The van der Waals surface area contributed by atoms with E-state index in [9.17, 15) is 14.4 Å². The van der Waals surface area contributed by atoms with Gasteiger partial charge in [-0.2, -0.15) is 0 Å². The average Bonchev–Trinajstić information content (AvgIpc) is 2.72. The van der Waals surface area contributed by atoms with Gasteiger partial charge in [0.25, 0.3) is 0 Å². The first kappa shape index (κ1) is 22.2. The Morgan fingerprint density at radius 2 is 1.93 bits per heavy atom. The highest BCUT2D eigenvalue weighted by Gasteiger charge is 2.18. The number of carbonyl (C=O) groups is 3. The second-order valence-electron chi connectivity index (χ2n) is 6.62. The average molecular weight is 401 g/mol. The second kappa shape index (κ2) is 11.7. The lowest BCUT2D eigenvalue weighted by Gasteiger charge is -2.25. The molecule has 1 atom stereocenters. The van der Waals surface area contributed by atoms with E-state index in [1.54, 1.807) is 24.8 Å². The van der Waals surface area contributed by atoms with E-state index in [1.165, 1.54) is 6.08 Å². The van der Waals surface area contributed by atoms with Gasteiger partial charge < -0.3 is 19.1 Å². The Kier molecular flexibility index (Phi) is 8.95. The van der Waals surface area contributed by atoms with Crippen LogP contribution in [-0.2, 0) is 30.4 Å². The number of rotatable bonds is 8. The van der Waals surface area contributed by atoms with Gasteiger partial charge in [0.1, 0.15) is 12.7 Å². The lowest BCUT2D eigenvalue weighted by atomic mass is 10.1. The van der Waals surface area contributed by atoms with Crippen LogP contribution >= 0.6 is 0 Å². The Balaban J connectivity index is 1.72. The van der Waals surface area contributed by atoms with E-state index in [0.717, 1.165) is 11.1 Å². The first-order chi connectivity index (χ1) is 14.0. The molecule has 1 amide bonds. The highest BCUT2D eigenvalue weighted by Crippen LogP contribution is 2.12. The van der Waals surface area contributed by atoms with Crippen LogP contribution in [0.15, 0.2) is 54.1 Å². The summed E-state index contributed by atoms with van der Waals surface area (Å²) in [5.41, 5.74) is 1.72. The molecule has 1 aliphatic rings. The number of amides is 1. The summed E-state index contributed by atoms with van der Waals surface area (Å²) < 4.78 is 15.4. The number of nitrogens with zero attached hydrogens (tertiary/aromatic N) is 1. The summed E-state index contributed by atoms with van der Waals surface area (Å²) in [6.07, 6.45) is 4.58. The number of esters is 2. The Hall–Kier alpha value is -3.09. The van der Waals surface area contributed by atoms with Crippen molar-refractivity contribution in [2.24, 2.45) is 0 Å². The minimum Gasteiger partial charge on any atom is -0.461 e. The predicted molar refractivity (Wildman–Crippen MR) is 107 cm³/mol. The van der Waals surface area contributed by atoms with Crippen molar-refractivity contribution in [1.29, 1.82) is 0 Å². The van der Waals surface area contributed by atoms with Gasteiger partial charge in [0.15, 0.2) is 0 Å². The van der Waals surface area contributed by atoms with E-state index in [0.29, 0.717) is 26.1 Å². The highest BCUT2D eigenvalue weighted by molar-refractivity contribution is 5.83. The van der Waals surface area contributed by atoms with Crippen molar-refractivity contribution in [3.8, 4) is 0 Å². The van der Waals surface area contributed by atoms with Crippen molar-refractivity contribution in [3.05, 3.63) is 59.7 Å². The summed E-state index contributed by atoms with van der Waals surface area (Å²) in [6, 6.07) is 9.36. The molecule has 2 rings (SSSR count).